The Morgan fingerprint density at radius 3 is 3.00 bits per heavy atom. The summed E-state index contributed by atoms with van der Waals surface area (Å²) in [6, 6.07) is 2.97. The lowest BCUT2D eigenvalue weighted by molar-refractivity contribution is 0.322. The highest BCUT2D eigenvalue weighted by Gasteiger charge is 2.14. The zero-order chi connectivity index (χ0) is 14.1. The Hall–Kier alpha value is -2.57. The van der Waals surface area contributed by atoms with Gasteiger partial charge in [0.1, 0.15) is 5.69 Å². The maximum Gasteiger partial charge on any atom is 0.167 e. The van der Waals surface area contributed by atoms with Crippen molar-refractivity contribution in [2.24, 2.45) is 0 Å². The molecule has 0 bridgehead atoms. The highest BCUT2D eigenvalue weighted by atomic mass is 19.1. The monoisotopic (exact) mass is 275 g/mol. The molecule has 0 unspecified atom stereocenters. The molecule has 2 heterocycles. The van der Waals surface area contributed by atoms with E-state index >= 15 is 0 Å². The van der Waals surface area contributed by atoms with Crippen molar-refractivity contribution in [1.29, 1.82) is 0 Å². The SMILES string of the molecule is CCOc1cc2nc(-c3[nH]ncc3NC)[nH]c2cc1F. The van der Waals surface area contributed by atoms with Gasteiger partial charge in [-0.3, -0.25) is 5.10 Å². The number of imidazole rings is 1. The number of benzene rings is 1. The maximum atomic E-state index is 13.8. The summed E-state index contributed by atoms with van der Waals surface area (Å²) < 4.78 is 19.0. The summed E-state index contributed by atoms with van der Waals surface area (Å²) in [6.45, 7) is 2.22. The Morgan fingerprint density at radius 2 is 2.25 bits per heavy atom. The molecule has 0 atom stereocenters. The average Bonchev–Trinajstić information content (AvgIpc) is 3.04. The Morgan fingerprint density at radius 1 is 1.40 bits per heavy atom. The van der Waals surface area contributed by atoms with Crippen molar-refractivity contribution in [1.82, 2.24) is 20.2 Å². The number of hydrogen-bond acceptors (Lipinski definition) is 4. The molecule has 1 aromatic carbocycles. The number of anilines is 1. The van der Waals surface area contributed by atoms with E-state index in [0.29, 0.717) is 23.5 Å². The van der Waals surface area contributed by atoms with E-state index in [-0.39, 0.29) is 5.75 Å². The predicted molar refractivity (Wildman–Crippen MR) is 74.3 cm³/mol. The van der Waals surface area contributed by atoms with Gasteiger partial charge in [-0.2, -0.15) is 5.10 Å². The number of halogens is 1. The zero-order valence-corrected chi connectivity index (χ0v) is 11.1. The van der Waals surface area contributed by atoms with Gasteiger partial charge in [-0.05, 0) is 6.92 Å². The fraction of sp³-hybridized carbons (Fsp3) is 0.231. The normalized spacial score (nSPS) is 10.9. The van der Waals surface area contributed by atoms with Crippen LogP contribution in [0, 0.1) is 5.82 Å². The van der Waals surface area contributed by atoms with Gasteiger partial charge in [0.15, 0.2) is 17.4 Å². The molecule has 3 N–H and O–H groups in total. The second-order valence-electron chi connectivity index (χ2n) is 4.23. The van der Waals surface area contributed by atoms with Gasteiger partial charge < -0.3 is 15.0 Å². The zero-order valence-electron chi connectivity index (χ0n) is 11.1. The molecule has 0 aliphatic carbocycles. The number of aromatic nitrogens is 4. The van der Waals surface area contributed by atoms with E-state index in [4.69, 9.17) is 4.74 Å². The molecule has 0 saturated heterocycles. The second-order valence-corrected chi connectivity index (χ2v) is 4.23. The Labute approximate surface area is 114 Å². The van der Waals surface area contributed by atoms with E-state index in [9.17, 15) is 4.39 Å². The minimum Gasteiger partial charge on any atom is -0.491 e. The first-order chi connectivity index (χ1) is 9.72. The van der Waals surface area contributed by atoms with Crippen LogP contribution in [0.2, 0.25) is 0 Å². The van der Waals surface area contributed by atoms with Crippen LogP contribution in [0.4, 0.5) is 10.1 Å². The molecule has 0 amide bonds. The molecule has 0 spiro atoms. The molecule has 6 nitrogen and oxygen atoms in total. The molecule has 0 aliphatic rings. The van der Waals surface area contributed by atoms with Crippen LogP contribution in [0.15, 0.2) is 18.3 Å². The third-order valence-electron chi connectivity index (χ3n) is 2.98. The van der Waals surface area contributed by atoms with Crippen LogP contribution in [0.25, 0.3) is 22.6 Å². The van der Waals surface area contributed by atoms with Crippen LogP contribution >= 0.6 is 0 Å². The molecule has 0 fully saturated rings. The highest BCUT2D eigenvalue weighted by molar-refractivity contribution is 5.82. The minimum atomic E-state index is -0.409. The van der Waals surface area contributed by atoms with E-state index in [1.54, 1.807) is 19.3 Å². The topological polar surface area (TPSA) is 78.6 Å². The van der Waals surface area contributed by atoms with Gasteiger partial charge in [0.25, 0.3) is 0 Å². The molecule has 0 aliphatic heterocycles. The summed E-state index contributed by atoms with van der Waals surface area (Å²) in [7, 11) is 1.80. The first-order valence-electron chi connectivity index (χ1n) is 6.26. The van der Waals surface area contributed by atoms with Crippen molar-refractivity contribution >= 4 is 16.7 Å². The number of H-pyrrole nitrogens is 2. The molecule has 20 heavy (non-hydrogen) atoms. The molecule has 0 saturated carbocycles. The van der Waals surface area contributed by atoms with Crippen molar-refractivity contribution in [3.05, 3.63) is 24.1 Å². The van der Waals surface area contributed by atoms with Gasteiger partial charge >= 0.3 is 0 Å². The lowest BCUT2D eigenvalue weighted by atomic mass is 10.3. The van der Waals surface area contributed by atoms with Crippen LogP contribution in [0.5, 0.6) is 5.75 Å². The first kappa shape index (κ1) is 12.5. The van der Waals surface area contributed by atoms with Crippen LogP contribution in [0.3, 0.4) is 0 Å². The number of rotatable bonds is 4. The summed E-state index contributed by atoms with van der Waals surface area (Å²) in [6.07, 6.45) is 1.66. The number of aromatic amines is 2. The van der Waals surface area contributed by atoms with Crippen LogP contribution in [-0.2, 0) is 0 Å². The van der Waals surface area contributed by atoms with Gasteiger partial charge in [0.05, 0.1) is 29.5 Å². The minimum absolute atomic E-state index is 0.205. The van der Waals surface area contributed by atoms with Crippen molar-refractivity contribution in [3.63, 3.8) is 0 Å². The van der Waals surface area contributed by atoms with E-state index in [1.807, 2.05) is 6.92 Å². The number of nitrogens with one attached hydrogen (secondary N) is 3. The Kier molecular flexibility index (Phi) is 3.02. The molecular formula is C13H14FN5O. The number of ether oxygens (including phenoxy) is 1. The molecule has 3 aromatic rings. The molecule has 0 radical (unpaired) electrons. The smallest absolute Gasteiger partial charge is 0.167 e. The largest absolute Gasteiger partial charge is 0.491 e. The maximum absolute atomic E-state index is 13.8. The molecule has 7 heteroatoms. The lowest BCUT2D eigenvalue weighted by Crippen LogP contribution is -1.94. The summed E-state index contributed by atoms with van der Waals surface area (Å²) in [4.78, 5) is 7.50. The predicted octanol–water partition coefficient (Wildman–Crippen LogP) is 2.53. The fourth-order valence-corrected chi connectivity index (χ4v) is 2.05. The molecule has 2 aromatic heterocycles. The van der Waals surface area contributed by atoms with Gasteiger partial charge in [-0.25, -0.2) is 9.37 Å². The summed E-state index contributed by atoms with van der Waals surface area (Å²) in [5.41, 5.74) is 2.79. The average molecular weight is 275 g/mol. The standard InChI is InChI=1S/C13H14FN5O/c1-3-20-11-5-9-8(4-7(11)14)17-13(18-9)12-10(15-2)6-16-19-12/h4-6,15H,3H2,1-2H3,(H,16,19)(H,17,18). The van der Waals surface area contributed by atoms with Crippen LogP contribution < -0.4 is 10.1 Å². The second kappa shape index (κ2) is 4.84. The van der Waals surface area contributed by atoms with Crippen molar-refractivity contribution < 1.29 is 9.13 Å². The summed E-state index contributed by atoms with van der Waals surface area (Å²) in [5, 5.41) is 9.82. The molecule has 3 rings (SSSR count). The van der Waals surface area contributed by atoms with Gasteiger partial charge in [0, 0.05) is 19.2 Å². The quantitative estimate of drug-likeness (QED) is 0.683. The Bertz CT molecular complexity index is 748. The third kappa shape index (κ3) is 1.97. The third-order valence-corrected chi connectivity index (χ3v) is 2.98. The molecule has 104 valence electrons. The van der Waals surface area contributed by atoms with Gasteiger partial charge in [0.2, 0.25) is 0 Å². The van der Waals surface area contributed by atoms with E-state index in [2.05, 4.69) is 25.5 Å². The van der Waals surface area contributed by atoms with Crippen molar-refractivity contribution in [2.45, 2.75) is 6.92 Å². The van der Waals surface area contributed by atoms with Crippen LogP contribution in [-0.4, -0.2) is 33.8 Å². The van der Waals surface area contributed by atoms with E-state index in [0.717, 1.165) is 11.4 Å². The first-order valence-corrected chi connectivity index (χ1v) is 6.26. The number of nitrogens with zero attached hydrogens (tertiary/aromatic N) is 2. The van der Waals surface area contributed by atoms with E-state index in [1.165, 1.54) is 6.07 Å². The highest BCUT2D eigenvalue weighted by Crippen LogP contribution is 2.28. The van der Waals surface area contributed by atoms with Gasteiger partial charge in [-0.15, -0.1) is 0 Å². The van der Waals surface area contributed by atoms with Gasteiger partial charge in [-0.1, -0.05) is 0 Å². The van der Waals surface area contributed by atoms with Crippen molar-refractivity contribution in [2.75, 3.05) is 19.0 Å². The fourth-order valence-electron chi connectivity index (χ4n) is 2.05. The lowest BCUT2D eigenvalue weighted by Gasteiger charge is -2.03. The van der Waals surface area contributed by atoms with Crippen molar-refractivity contribution in [3.8, 4) is 17.3 Å². The van der Waals surface area contributed by atoms with E-state index < -0.39 is 5.82 Å². The Balaban J connectivity index is 2.11. The summed E-state index contributed by atoms with van der Waals surface area (Å²) in [5.74, 6) is 0.388. The van der Waals surface area contributed by atoms with Crippen LogP contribution in [0.1, 0.15) is 6.92 Å². The number of fused-ring (bicyclic) bond motifs is 1. The summed E-state index contributed by atoms with van der Waals surface area (Å²) >= 11 is 0. The number of hydrogen-bond donors (Lipinski definition) is 3. The molecular weight excluding hydrogens is 261 g/mol.